The summed E-state index contributed by atoms with van der Waals surface area (Å²) in [7, 11) is 1.21. The molecule has 94 valence electrons. The smallest absolute Gasteiger partial charge is 0.347 e. The molecule has 2 aromatic rings. The molecular weight excluding hydrogens is 236 g/mol. The number of rotatable bonds is 1. The quantitative estimate of drug-likeness (QED) is 0.780. The van der Waals surface area contributed by atoms with Crippen LogP contribution in [0.2, 0.25) is 0 Å². The molecule has 0 radical (unpaired) electrons. The molecule has 0 atom stereocenters. The normalized spacial score (nSPS) is 10.6. The predicted octanol–water partition coefficient (Wildman–Crippen LogP) is 1.90. The van der Waals surface area contributed by atoms with Crippen LogP contribution in [0.1, 0.15) is 21.7 Å². The Hall–Kier alpha value is -2.30. The monoisotopic (exact) mass is 248 g/mol. The summed E-state index contributed by atoms with van der Waals surface area (Å²) in [4.78, 5) is 23.3. The van der Waals surface area contributed by atoms with Crippen LogP contribution in [0.15, 0.2) is 21.3 Å². The lowest BCUT2D eigenvalue weighted by Gasteiger charge is -2.09. The highest BCUT2D eigenvalue weighted by Gasteiger charge is 2.20. The molecule has 1 N–H and O–H groups in total. The molecule has 0 aliphatic rings. The number of methoxy groups -OCH3 is 1. The Kier molecular flexibility index (Phi) is 2.82. The van der Waals surface area contributed by atoms with Crippen molar-refractivity contribution >= 4 is 16.7 Å². The average Bonchev–Trinajstić information content (AvgIpc) is 2.26. The summed E-state index contributed by atoms with van der Waals surface area (Å²) in [5.74, 6) is -0.644. The number of carbonyl (C=O) groups is 1. The number of ether oxygens (including phenoxy) is 1. The summed E-state index contributed by atoms with van der Waals surface area (Å²) in [6.07, 6.45) is 0. The van der Waals surface area contributed by atoms with E-state index in [1.807, 2.05) is 0 Å². The lowest BCUT2D eigenvalue weighted by atomic mass is 10.0. The van der Waals surface area contributed by atoms with Gasteiger partial charge in [-0.2, -0.15) is 0 Å². The van der Waals surface area contributed by atoms with Crippen molar-refractivity contribution in [3.8, 4) is 5.75 Å². The van der Waals surface area contributed by atoms with Gasteiger partial charge in [-0.1, -0.05) is 0 Å². The molecule has 18 heavy (non-hydrogen) atoms. The fourth-order valence-electron chi connectivity index (χ4n) is 1.96. The number of hydrogen-bond acceptors (Lipinski definition) is 5. The first-order valence-corrected chi connectivity index (χ1v) is 5.31. The van der Waals surface area contributed by atoms with Gasteiger partial charge in [0.25, 0.3) is 0 Å². The minimum Gasteiger partial charge on any atom is -0.506 e. The number of fused-ring (bicyclic) bond motifs is 1. The Labute approximate surface area is 103 Å². The average molecular weight is 248 g/mol. The van der Waals surface area contributed by atoms with Gasteiger partial charge in [0.2, 0.25) is 0 Å². The first kappa shape index (κ1) is 12.2. The molecule has 1 aromatic carbocycles. The molecule has 2 rings (SSSR count). The van der Waals surface area contributed by atoms with E-state index in [0.717, 1.165) is 0 Å². The molecule has 0 saturated heterocycles. The van der Waals surface area contributed by atoms with Gasteiger partial charge in [-0.3, -0.25) is 0 Å². The number of esters is 1. The molecule has 1 heterocycles. The zero-order valence-electron chi connectivity index (χ0n) is 10.2. The third kappa shape index (κ3) is 1.73. The Morgan fingerprint density at radius 2 is 2.00 bits per heavy atom. The van der Waals surface area contributed by atoms with Gasteiger partial charge in [0.1, 0.15) is 22.5 Å². The van der Waals surface area contributed by atoms with E-state index >= 15 is 0 Å². The van der Waals surface area contributed by atoms with Gasteiger partial charge < -0.3 is 14.3 Å². The molecular formula is C13H12O5. The number of hydrogen-bond donors (Lipinski definition) is 1. The van der Waals surface area contributed by atoms with Gasteiger partial charge in [0.05, 0.1) is 7.11 Å². The molecule has 0 spiro atoms. The molecule has 0 unspecified atom stereocenters. The molecule has 0 bridgehead atoms. The van der Waals surface area contributed by atoms with Crippen LogP contribution >= 0.6 is 0 Å². The zero-order valence-corrected chi connectivity index (χ0v) is 10.2. The van der Waals surface area contributed by atoms with Crippen LogP contribution in [0.3, 0.4) is 0 Å². The summed E-state index contributed by atoms with van der Waals surface area (Å²) in [5, 5.41) is 10.6. The molecule has 5 nitrogen and oxygen atoms in total. The SMILES string of the molecule is COC(=O)c1c(C)cc2cc(C)oc(=O)c2c1O. The van der Waals surface area contributed by atoms with Crippen LogP contribution in [-0.2, 0) is 4.74 Å². The lowest BCUT2D eigenvalue weighted by Crippen LogP contribution is -2.08. The predicted molar refractivity (Wildman–Crippen MR) is 65.0 cm³/mol. The second-order valence-electron chi connectivity index (χ2n) is 4.02. The van der Waals surface area contributed by atoms with Crippen molar-refractivity contribution in [1.82, 2.24) is 0 Å². The second-order valence-corrected chi connectivity index (χ2v) is 4.02. The largest absolute Gasteiger partial charge is 0.506 e. The summed E-state index contributed by atoms with van der Waals surface area (Å²) in [6, 6.07) is 3.27. The Morgan fingerprint density at radius 3 is 2.61 bits per heavy atom. The molecule has 5 heteroatoms. The third-order valence-electron chi connectivity index (χ3n) is 2.73. The maximum atomic E-state index is 11.7. The van der Waals surface area contributed by atoms with Crippen LogP contribution in [-0.4, -0.2) is 18.2 Å². The molecule has 0 saturated carbocycles. The van der Waals surface area contributed by atoms with Crippen molar-refractivity contribution in [3.05, 3.63) is 39.4 Å². The van der Waals surface area contributed by atoms with Crippen LogP contribution in [0.5, 0.6) is 5.75 Å². The van der Waals surface area contributed by atoms with E-state index < -0.39 is 17.3 Å². The molecule has 0 fully saturated rings. The maximum absolute atomic E-state index is 11.7. The minimum absolute atomic E-state index is 0.00778. The summed E-state index contributed by atoms with van der Waals surface area (Å²) in [5.41, 5.74) is -0.148. The van der Waals surface area contributed by atoms with Gasteiger partial charge in [-0.15, -0.1) is 0 Å². The van der Waals surface area contributed by atoms with Crippen LogP contribution in [0.25, 0.3) is 10.8 Å². The molecule has 0 aliphatic carbocycles. The van der Waals surface area contributed by atoms with Crippen molar-refractivity contribution in [3.63, 3.8) is 0 Å². The third-order valence-corrected chi connectivity index (χ3v) is 2.73. The first-order chi connectivity index (χ1) is 8.45. The zero-order chi connectivity index (χ0) is 13.4. The number of benzene rings is 1. The van der Waals surface area contributed by atoms with Gasteiger partial charge >= 0.3 is 11.6 Å². The number of phenolic OH excluding ortho intramolecular Hbond substituents is 1. The van der Waals surface area contributed by atoms with Gasteiger partial charge in [-0.25, -0.2) is 9.59 Å². The molecule has 0 aliphatic heterocycles. The van der Waals surface area contributed by atoms with Crippen molar-refractivity contribution in [2.24, 2.45) is 0 Å². The van der Waals surface area contributed by atoms with E-state index in [-0.39, 0.29) is 10.9 Å². The minimum atomic E-state index is -0.688. The number of phenols is 1. The highest BCUT2D eigenvalue weighted by atomic mass is 16.5. The topological polar surface area (TPSA) is 76.7 Å². The van der Waals surface area contributed by atoms with Crippen LogP contribution in [0, 0.1) is 13.8 Å². The van der Waals surface area contributed by atoms with Crippen molar-refractivity contribution in [2.45, 2.75) is 13.8 Å². The van der Waals surface area contributed by atoms with Crippen molar-refractivity contribution < 1.29 is 19.1 Å². The van der Waals surface area contributed by atoms with Crippen molar-refractivity contribution in [2.75, 3.05) is 7.11 Å². The fraction of sp³-hybridized carbons (Fsp3) is 0.231. The number of carbonyl (C=O) groups excluding carboxylic acids is 1. The highest BCUT2D eigenvalue weighted by molar-refractivity contribution is 6.02. The van der Waals surface area contributed by atoms with Gasteiger partial charge in [0.15, 0.2) is 0 Å². The van der Waals surface area contributed by atoms with Gasteiger partial charge in [0, 0.05) is 0 Å². The maximum Gasteiger partial charge on any atom is 0.347 e. The Morgan fingerprint density at radius 1 is 1.33 bits per heavy atom. The standard InChI is InChI=1S/C13H12O5/c1-6-4-8-5-7(2)18-13(16)10(8)11(14)9(6)12(15)17-3/h4-5,14H,1-3H3. The Bertz CT molecular complexity index is 697. The van der Waals surface area contributed by atoms with E-state index in [1.165, 1.54) is 7.11 Å². The fourth-order valence-corrected chi connectivity index (χ4v) is 1.96. The number of aryl methyl sites for hydroxylation is 2. The van der Waals surface area contributed by atoms with E-state index in [4.69, 9.17) is 4.42 Å². The van der Waals surface area contributed by atoms with E-state index in [1.54, 1.807) is 26.0 Å². The van der Waals surface area contributed by atoms with E-state index in [0.29, 0.717) is 16.7 Å². The highest BCUT2D eigenvalue weighted by Crippen LogP contribution is 2.30. The van der Waals surface area contributed by atoms with Gasteiger partial charge in [-0.05, 0) is 36.9 Å². The van der Waals surface area contributed by atoms with Crippen LogP contribution in [0.4, 0.5) is 0 Å². The summed E-state index contributed by atoms with van der Waals surface area (Å²) in [6.45, 7) is 3.30. The number of aromatic hydroxyl groups is 1. The lowest BCUT2D eigenvalue weighted by molar-refractivity contribution is 0.0597. The summed E-state index contributed by atoms with van der Waals surface area (Å²) >= 11 is 0. The van der Waals surface area contributed by atoms with Crippen LogP contribution < -0.4 is 5.63 Å². The van der Waals surface area contributed by atoms with E-state index in [9.17, 15) is 14.7 Å². The second kappa shape index (κ2) is 4.18. The first-order valence-electron chi connectivity index (χ1n) is 5.31. The summed E-state index contributed by atoms with van der Waals surface area (Å²) < 4.78 is 9.49. The van der Waals surface area contributed by atoms with Crippen molar-refractivity contribution in [1.29, 1.82) is 0 Å². The molecule has 1 aromatic heterocycles. The molecule has 0 amide bonds. The van der Waals surface area contributed by atoms with E-state index in [2.05, 4.69) is 4.74 Å². The Balaban J connectivity index is 2.94.